The first-order chi connectivity index (χ1) is 5.57. The number of rotatable bonds is 2. The van der Waals surface area contributed by atoms with Crippen LogP contribution < -0.4 is 0 Å². The zero-order valence-electron chi connectivity index (χ0n) is 6.26. The zero-order valence-corrected chi connectivity index (χ0v) is 7.02. The predicted octanol–water partition coefficient (Wildman–Crippen LogP) is 1.50. The van der Waals surface area contributed by atoms with Crippen LogP contribution in [-0.2, 0) is 13.7 Å². The second kappa shape index (κ2) is 3.37. The van der Waals surface area contributed by atoms with E-state index in [4.69, 9.17) is 16.7 Å². The van der Waals surface area contributed by atoms with Crippen molar-refractivity contribution in [3.63, 3.8) is 0 Å². The fraction of sp³-hybridized carbons (Fsp3) is 0.500. The highest BCUT2D eigenvalue weighted by Gasteiger charge is 2.21. The normalized spacial score (nSPS) is 11.2. The molecule has 1 N–H and O–H groups in total. The molecule has 68 valence electrons. The van der Waals surface area contributed by atoms with Crippen molar-refractivity contribution in [2.45, 2.75) is 13.0 Å². The summed E-state index contributed by atoms with van der Waals surface area (Å²) in [5.74, 6) is 0. The maximum absolute atomic E-state index is 12.3. The molecule has 1 aromatic rings. The van der Waals surface area contributed by atoms with Gasteiger partial charge in [-0.15, -0.1) is 0 Å². The summed E-state index contributed by atoms with van der Waals surface area (Å²) in [5, 5.41) is 12.2. The molecule has 0 bridgehead atoms. The average Bonchev–Trinajstić information content (AvgIpc) is 2.24. The van der Waals surface area contributed by atoms with Crippen LogP contribution in [0.2, 0.25) is 5.15 Å². The first-order valence-electron chi connectivity index (χ1n) is 3.18. The van der Waals surface area contributed by atoms with E-state index in [0.717, 1.165) is 4.68 Å². The molecule has 1 heterocycles. The number of nitrogens with zero attached hydrogens (tertiary/aromatic N) is 2. The molecule has 0 saturated carbocycles. The highest BCUT2D eigenvalue weighted by molar-refractivity contribution is 6.30. The van der Waals surface area contributed by atoms with Crippen LogP contribution in [0, 0.1) is 0 Å². The molecule has 0 aliphatic heterocycles. The summed E-state index contributed by atoms with van der Waals surface area (Å²) in [6.07, 6.45) is -2.67. The van der Waals surface area contributed by atoms with Crippen molar-refractivity contribution in [3.8, 4) is 0 Å². The minimum Gasteiger partial charge on any atom is -0.391 e. The third-order valence-electron chi connectivity index (χ3n) is 1.51. The van der Waals surface area contributed by atoms with Crippen LogP contribution >= 0.6 is 11.6 Å². The van der Waals surface area contributed by atoms with Gasteiger partial charge in [-0.2, -0.15) is 5.10 Å². The molecule has 0 spiro atoms. The molecule has 0 fully saturated rings. The maximum atomic E-state index is 12.3. The van der Waals surface area contributed by atoms with E-state index >= 15 is 0 Å². The minimum absolute atomic E-state index is 0.00540. The molecule has 1 aromatic heterocycles. The highest BCUT2D eigenvalue weighted by Crippen LogP contribution is 2.27. The van der Waals surface area contributed by atoms with Gasteiger partial charge in [0, 0.05) is 12.6 Å². The summed E-state index contributed by atoms with van der Waals surface area (Å²) >= 11 is 5.47. The molecule has 3 nitrogen and oxygen atoms in total. The van der Waals surface area contributed by atoms with Crippen molar-refractivity contribution >= 4 is 11.6 Å². The van der Waals surface area contributed by atoms with E-state index in [1.807, 2.05) is 0 Å². The quantitative estimate of drug-likeness (QED) is 0.779. The minimum atomic E-state index is -2.67. The summed E-state index contributed by atoms with van der Waals surface area (Å²) < 4.78 is 25.5. The van der Waals surface area contributed by atoms with Crippen molar-refractivity contribution in [1.82, 2.24) is 9.78 Å². The molecule has 0 atom stereocenters. The van der Waals surface area contributed by atoms with Gasteiger partial charge in [0.05, 0.1) is 6.61 Å². The molecule has 1 rings (SSSR count). The Kier molecular flexibility index (Phi) is 2.64. The Labute approximate surface area is 72.6 Å². The van der Waals surface area contributed by atoms with E-state index in [1.54, 1.807) is 0 Å². The Morgan fingerprint density at radius 2 is 2.25 bits per heavy atom. The molecule has 6 heteroatoms. The zero-order chi connectivity index (χ0) is 9.30. The van der Waals surface area contributed by atoms with Gasteiger partial charge in [-0.25, -0.2) is 8.78 Å². The van der Waals surface area contributed by atoms with Crippen LogP contribution in [-0.4, -0.2) is 14.9 Å². The molecule has 0 unspecified atom stereocenters. The second-order valence-electron chi connectivity index (χ2n) is 2.24. The lowest BCUT2D eigenvalue weighted by Crippen LogP contribution is -2.00. The van der Waals surface area contributed by atoms with E-state index in [-0.39, 0.29) is 16.4 Å². The third-order valence-corrected chi connectivity index (χ3v) is 1.81. The number of hydrogen-bond acceptors (Lipinski definition) is 2. The summed E-state index contributed by atoms with van der Waals surface area (Å²) in [6, 6.07) is 0. The van der Waals surface area contributed by atoms with E-state index < -0.39 is 13.0 Å². The smallest absolute Gasteiger partial charge is 0.280 e. The summed E-state index contributed by atoms with van der Waals surface area (Å²) in [5.41, 5.74) is -0.336. The van der Waals surface area contributed by atoms with Crippen molar-refractivity contribution < 1.29 is 13.9 Å². The standard InChI is InChI=1S/C6H7ClF2N2O/c1-11-4(6(8)9)3(2-12)5(7)10-11/h6,12H,2H2,1H3. The van der Waals surface area contributed by atoms with Gasteiger partial charge in [-0.05, 0) is 0 Å². The van der Waals surface area contributed by atoms with Gasteiger partial charge in [0.25, 0.3) is 6.43 Å². The van der Waals surface area contributed by atoms with Crippen LogP contribution in [0.4, 0.5) is 8.78 Å². The molecule has 0 saturated heterocycles. The van der Waals surface area contributed by atoms with Gasteiger partial charge >= 0.3 is 0 Å². The number of aliphatic hydroxyl groups excluding tert-OH is 1. The summed E-state index contributed by atoms with van der Waals surface area (Å²) in [6.45, 7) is -0.521. The second-order valence-corrected chi connectivity index (χ2v) is 2.60. The Balaban J connectivity index is 3.23. The van der Waals surface area contributed by atoms with Crippen LogP contribution in [0.3, 0.4) is 0 Å². The lowest BCUT2D eigenvalue weighted by atomic mass is 10.2. The van der Waals surface area contributed by atoms with Crippen molar-refractivity contribution in [2.24, 2.45) is 7.05 Å². The van der Waals surface area contributed by atoms with Crippen LogP contribution in [0.1, 0.15) is 17.7 Å². The molecule has 0 aromatic carbocycles. The lowest BCUT2D eigenvalue weighted by Gasteiger charge is -2.01. The molecule has 0 amide bonds. The van der Waals surface area contributed by atoms with Gasteiger partial charge in [-0.3, -0.25) is 4.68 Å². The SMILES string of the molecule is Cn1nc(Cl)c(CO)c1C(F)F. The fourth-order valence-corrected chi connectivity index (χ4v) is 1.24. The van der Waals surface area contributed by atoms with E-state index in [1.165, 1.54) is 7.05 Å². The largest absolute Gasteiger partial charge is 0.391 e. The number of hydrogen-bond donors (Lipinski definition) is 1. The van der Waals surface area contributed by atoms with Crippen molar-refractivity contribution in [1.29, 1.82) is 0 Å². The first kappa shape index (κ1) is 9.41. The van der Waals surface area contributed by atoms with Gasteiger partial charge in [-0.1, -0.05) is 11.6 Å². The Morgan fingerprint density at radius 1 is 1.67 bits per heavy atom. The van der Waals surface area contributed by atoms with Gasteiger partial charge in [0.15, 0.2) is 5.15 Å². The number of aromatic nitrogens is 2. The third kappa shape index (κ3) is 1.42. The van der Waals surface area contributed by atoms with Gasteiger partial charge in [0.1, 0.15) is 5.69 Å². The predicted molar refractivity (Wildman–Crippen MR) is 39.1 cm³/mol. The molecular formula is C6H7ClF2N2O. The Hall–Kier alpha value is -0.680. The Bertz CT molecular complexity index is 287. The summed E-state index contributed by atoms with van der Waals surface area (Å²) in [7, 11) is 1.35. The lowest BCUT2D eigenvalue weighted by molar-refractivity contribution is 0.136. The summed E-state index contributed by atoms with van der Waals surface area (Å²) in [4.78, 5) is 0. The average molecular weight is 197 g/mol. The van der Waals surface area contributed by atoms with Crippen LogP contribution in [0.15, 0.2) is 0 Å². The number of aryl methyl sites for hydroxylation is 1. The van der Waals surface area contributed by atoms with E-state index in [9.17, 15) is 8.78 Å². The van der Waals surface area contributed by atoms with Crippen LogP contribution in [0.5, 0.6) is 0 Å². The van der Waals surface area contributed by atoms with Crippen LogP contribution in [0.25, 0.3) is 0 Å². The number of aliphatic hydroxyl groups is 1. The fourth-order valence-electron chi connectivity index (χ4n) is 0.966. The molecule has 12 heavy (non-hydrogen) atoms. The Morgan fingerprint density at radius 3 is 2.58 bits per heavy atom. The van der Waals surface area contributed by atoms with Crippen molar-refractivity contribution in [2.75, 3.05) is 0 Å². The van der Waals surface area contributed by atoms with E-state index in [2.05, 4.69) is 5.10 Å². The first-order valence-corrected chi connectivity index (χ1v) is 3.56. The molecular weight excluding hydrogens is 190 g/mol. The maximum Gasteiger partial charge on any atom is 0.280 e. The number of alkyl halides is 2. The topological polar surface area (TPSA) is 38.0 Å². The van der Waals surface area contributed by atoms with Crippen molar-refractivity contribution in [3.05, 3.63) is 16.4 Å². The monoisotopic (exact) mass is 196 g/mol. The van der Waals surface area contributed by atoms with E-state index in [0.29, 0.717) is 0 Å². The number of halogens is 3. The van der Waals surface area contributed by atoms with Gasteiger partial charge < -0.3 is 5.11 Å². The highest BCUT2D eigenvalue weighted by atomic mass is 35.5. The molecule has 0 radical (unpaired) electrons. The van der Waals surface area contributed by atoms with Gasteiger partial charge in [0.2, 0.25) is 0 Å². The molecule has 0 aliphatic carbocycles. The molecule has 0 aliphatic rings.